The van der Waals surface area contributed by atoms with Gasteiger partial charge in [-0.05, 0) is 97.0 Å². The average molecular weight is 717 g/mol. The van der Waals surface area contributed by atoms with Crippen molar-refractivity contribution in [2.75, 3.05) is 0 Å². The molecule has 11 aromatic rings. The summed E-state index contributed by atoms with van der Waals surface area (Å²) in [6.45, 7) is 0. The van der Waals surface area contributed by atoms with Gasteiger partial charge in [0.2, 0.25) is 0 Å². The van der Waals surface area contributed by atoms with E-state index in [1.54, 1.807) is 0 Å². The minimum atomic E-state index is 0.704. The maximum atomic E-state index is 5.32. The first-order valence-electron chi connectivity index (χ1n) is 18.6. The van der Waals surface area contributed by atoms with Crippen LogP contribution in [0.5, 0.6) is 0 Å². The number of nitrogens with zero attached hydrogens (tertiary/aromatic N) is 2. The lowest BCUT2D eigenvalue weighted by Gasteiger charge is -2.14. The largest absolute Gasteiger partial charge is 0.228 e. The van der Waals surface area contributed by atoms with Crippen LogP contribution in [0, 0.1) is 0 Å². The first kappa shape index (κ1) is 31.6. The molecular weight excluding hydrogens is 685 g/mol. The Morgan fingerprint density at radius 1 is 0.309 bits per heavy atom. The Balaban J connectivity index is 1.16. The molecule has 0 N–H and O–H groups in total. The van der Waals surface area contributed by atoms with E-state index in [9.17, 15) is 0 Å². The van der Waals surface area contributed by atoms with E-state index in [0.29, 0.717) is 5.82 Å². The summed E-state index contributed by atoms with van der Waals surface area (Å²) in [7, 11) is 0. The Morgan fingerprint density at radius 2 is 0.927 bits per heavy atom. The lowest BCUT2D eigenvalue weighted by Crippen LogP contribution is -1.97. The molecule has 0 spiro atoms. The molecule has 0 aliphatic rings. The normalized spacial score (nSPS) is 11.6. The standard InChI is InChI=1S/C52H32N2S/c1-2-13-36(14-3-1)52-53-48(39-26-24-35-23-22-34-12-6-7-16-43(34)47(35)31-39)32-49(54-52)42-29-40(38-25-21-33-11-4-5-15-37(33)27-38)28-41(30-42)44-18-10-19-46-45-17-8-9-20-50(45)55-51(44)46/h1-32H. The highest BCUT2D eigenvalue weighted by Gasteiger charge is 2.17. The number of aromatic nitrogens is 2. The van der Waals surface area contributed by atoms with Gasteiger partial charge in [-0.1, -0.05) is 152 Å². The Hall–Kier alpha value is -6.94. The van der Waals surface area contributed by atoms with Crippen molar-refractivity contribution in [1.82, 2.24) is 9.97 Å². The van der Waals surface area contributed by atoms with Crippen molar-refractivity contribution in [2.45, 2.75) is 0 Å². The van der Waals surface area contributed by atoms with Gasteiger partial charge in [-0.2, -0.15) is 0 Å². The smallest absolute Gasteiger partial charge is 0.160 e. The molecule has 2 aromatic heterocycles. The fourth-order valence-corrected chi connectivity index (χ4v) is 9.30. The summed E-state index contributed by atoms with van der Waals surface area (Å²) in [4.78, 5) is 10.6. The number of thiophene rings is 1. The summed E-state index contributed by atoms with van der Waals surface area (Å²) in [6.07, 6.45) is 0. The first-order chi connectivity index (χ1) is 27.2. The summed E-state index contributed by atoms with van der Waals surface area (Å²) < 4.78 is 2.59. The van der Waals surface area contributed by atoms with Crippen LogP contribution in [0.3, 0.4) is 0 Å². The van der Waals surface area contributed by atoms with Crippen molar-refractivity contribution in [2.24, 2.45) is 0 Å². The highest BCUT2D eigenvalue weighted by molar-refractivity contribution is 7.26. The van der Waals surface area contributed by atoms with Crippen molar-refractivity contribution in [3.8, 4) is 56.2 Å². The first-order valence-corrected chi connectivity index (χ1v) is 19.5. The predicted molar refractivity (Wildman–Crippen MR) is 235 cm³/mol. The van der Waals surface area contributed by atoms with Gasteiger partial charge in [0.05, 0.1) is 11.4 Å². The molecule has 3 heteroatoms. The monoisotopic (exact) mass is 716 g/mol. The molecule has 0 radical (unpaired) electrons. The SMILES string of the molecule is c1ccc(-c2nc(-c3cc(-c4ccc5ccccc5c4)cc(-c4cccc5c4sc4ccccc45)c3)cc(-c3ccc4ccc5ccccc5c4c3)n2)cc1. The van der Waals surface area contributed by atoms with Crippen LogP contribution in [0.4, 0.5) is 0 Å². The zero-order valence-electron chi connectivity index (χ0n) is 29.8. The lowest BCUT2D eigenvalue weighted by molar-refractivity contribution is 1.18. The zero-order chi connectivity index (χ0) is 36.3. The Labute approximate surface area is 322 Å². The van der Waals surface area contributed by atoms with Crippen molar-refractivity contribution >= 4 is 63.8 Å². The minimum Gasteiger partial charge on any atom is -0.228 e. The third-order valence-corrected chi connectivity index (χ3v) is 12.0. The molecule has 2 nitrogen and oxygen atoms in total. The molecule has 0 fully saturated rings. The van der Waals surface area contributed by atoms with Gasteiger partial charge in [0.25, 0.3) is 0 Å². The van der Waals surface area contributed by atoms with Gasteiger partial charge in [-0.15, -0.1) is 11.3 Å². The van der Waals surface area contributed by atoms with Gasteiger partial charge >= 0.3 is 0 Å². The summed E-state index contributed by atoms with van der Waals surface area (Å²) in [5, 5.41) is 9.93. The number of rotatable bonds is 5. The molecule has 0 saturated heterocycles. The second kappa shape index (κ2) is 12.9. The van der Waals surface area contributed by atoms with Crippen LogP contribution in [0.2, 0.25) is 0 Å². The number of benzene rings is 9. The van der Waals surface area contributed by atoms with Gasteiger partial charge in [-0.25, -0.2) is 9.97 Å². The summed E-state index contributed by atoms with van der Waals surface area (Å²) >= 11 is 1.86. The van der Waals surface area contributed by atoms with Crippen LogP contribution in [-0.4, -0.2) is 9.97 Å². The van der Waals surface area contributed by atoms with Gasteiger partial charge < -0.3 is 0 Å². The van der Waals surface area contributed by atoms with E-state index >= 15 is 0 Å². The Kier molecular flexibility index (Phi) is 7.39. The van der Waals surface area contributed by atoms with E-state index in [2.05, 4.69) is 188 Å². The van der Waals surface area contributed by atoms with E-state index < -0.39 is 0 Å². The highest BCUT2D eigenvalue weighted by atomic mass is 32.1. The van der Waals surface area contributed by atoms with Crippen molar-refractivity contribution in [3.05, 3.63) is 194 Å². The Morgan fingerprint density at radius 3 is 1.80 bits per heavy atom. The topological polar surface area (TPSA) is 25.8 Å². The second-order valence-corrected chi connectivity index (χ2v) is 15.2. The van der Waals surface area contributed by atoms with Crippen molar-refractivity contribution in [3.63, 3.8) is 0 Å². The van der Waals surface area contributed by atoms with E-state index in [1.165, 1.54) is 63.6 Å². The third kappa shape index (κ3) is 5.56. The quantitative estimate of drug-likeness (QED) is 0.166. The van der Waals surface area contributed by atoms with Crippen LogP contribution < -0.4 is 0 Å². The van der Waals surface area contributed by atoms with Gasteiger partial charge in [-0.3, -0.25) is 0 Å². The lowest BCUT2D eigenvalue weighted by atomic mass is 9.93. The molecule has 0 amide bonds. The zero-order valence-corrected chi connectivity index (χ0v) is 30.6. The summed E-state index contributed by atoms with van der Waals surface area (Å²) in [5.41, 5.74) is 9.57. The molecule has 55 heavy (non-hydrogen) atoms. The highest BCUT2D eigenvalue weighted by Crippen LogP contribution is 2.42. The van der Waals surface area contributed by atoms with Crippen molar-refractivity contribution < 1.29 is 0 Å². The summed E-state index contributed by atoms with van der Waals surface area (Å²) in [6, 6.07) is 69.9. The summed E-state index contributed by atoms with van der Waals surface area (Å²) in [5.74, 6) is 0.704. The van der Waals surface area contributed by atoms with Crippen LogP contribution in [0.15, 0.2) is 194 Å². The van der Waals surface area contributed by atoms with Gasteiger partial charge in [0.1, 0.15) is 0 Å². The molecule has 0 atom stereocenters. The molecule has 0 aliphatic carbocycles. The van der Waals surface area contributed by atoms with E-state index in [4.69, 9.17) is 9.97 Å². The average Bonchev–Trinajstić information content (AvgIpc) is 3.65. The molecule has 0 aliphatic heterocycles. The minimum absolute atomic E-state index is 0.704. The maximum absolute atomic E-state index is 5.32. The van der Waals surface area contributed by atoms with Gasteiger partial charge in [0, 0.05) is 36.9 Å². The fourth-order valence-electron chi connectivity index (χ4n) is 8.06. The maximum Gasteiger partial charge on any atom is 0.160 e. The van der Waals surface area contributed by atoms with Crippen LogP contribution in [0.1, 0.15) is 0 Å². The predicted octanol–water partition coefficient (Wildman–Crippen LogP) is 14.6. The number of hydrogen-bond donors (Lipinski definition) is 0. The van der Waals surface area contributed by atoms with Crippen LogP contribution in [-0.2, 0) is 0 Å². The number of fused-ring (bicyclic) bond motifs is 7. The third-order valence-electron chi connectivity index (χ3n) is 10.8. The molecule has 0 unspecified atom stereocenters. The molecule has 11 rings (SSSR count). The van der Waals surface area contributed by atoms with Crippen LogP contribution in [0.25, 0.3) is 109 Å². The molecule has 0 saturated carbocycles. The van der Waals surface area contributed by atoms with Gasteiger partial charge in [0.15, 0.2) is 5.82 Å². The molecular formula is C52H32N2S. The molecule has 9 aromatic carbocycles. The molecule has 2 heterocycles. The fraction of sp³-hybridized carbons (Fsp3) is 0. The Bertz CT molecular complexity index is 3270. The van der Waals surface area contributed by atoms with E-state index in [0.717, 1.165) is 39.2 Å². The van der Waals surface area contributed by atoms with Crippen molar-refractivity contribution in [1.29, 1.82) is 0 Å². The van der Waals surface area contributed by atoms with E-state index in [1.807, 2.05) is 17.4 Å². The second-order valence-electron chi connectivity index (χ2n) is 14.2. The number of hydrogen-bond acceptors (Lipinski definition) is 3. The van der Waals surface area contributed by atoms with E-state index in [-0.39, 0.29) is 0 Å². The van der Waals surface area contributed by atoms with Crippen LogP contribution >= 0.6 is 11.3 Å². The molecule has 0 bridgehead atoms. The molecule has 256 valence electrons.